The molecule has 3 rings (SSSR count). The summed E-state index contributed by atoms with van der Waals surface area (Å²) in [5.74, 6) is -0.551. The highest BCUT2D eigenvalue weighted by Gasteiger charge is 2.62. The fraction of sp³-hybridized carbons (Fsp3) is 0.438. The molecule has 1 aromatic rings. The Bertz CT molecular complexity index is 680. The molecule has 0 bridgehead atoms. The number of carbonyl (C=O) groups excluding carboxylic acids is 1. The summed E-state index contributed by atoms with van der Waals surface area (Å²) in [6.45, 7) is 3.66. The predicted molar refractivity (Wildman–Crippen MR) is 95.2 cm³/mol. The van der Waals surface area contributed by atoms with Gasteiger partial charge in [0.15, 0.2) is 6.61 Å². The summed E-state index contributed by atoms with van der Waals surface area (Å²) in [5, 5.41) is 12.1. The molecule has 0 spiro atoms. The lowest BCUT2D eigenvalue weighted by Gasteiger charge is -2.46. The summed E-state index contributed by atoms with van der Waals surface area (Å²) in [7, 11) is 0. The van der Waals surface area contributed by atoms with Crippen LogP contribution in [-0.4, -0.2) is 55.7 Å². The average molecular weight is 366 g/mol. The number of hydrogen-bond donors (Lipinski definition) is 2. The van der Waals surface area contributed by atoms with E-state index in [2.05, 4.69) is 5.32 Å². The molecule has 0 saturated carbocycles. The van der Waals surface area contributed by atoms with Gasteiger partial charge in [0.2, 0.25) is 0 Å². The van der Waals surface area contributed by atoms with Crippen LogP contribution in [0.3, 0.4) is 0 Å². The number of rotatable bonds is 5. The maximum Gasteiger partial charge on any atom is 0.327 e. The van der Waals surface area contributed by atoms with E-state index in [1.807, 2.05) is 32.0 Å². The SMILES string of the molecule is CC1(C)SC2[C@H](NC(=O)COc3ccccc3)C(=S)N2C1C(=O)O. The molecule has 8 heteroatoms. The summed E-state index contributed by atoms with van der Waals surface area (Å²) in [5.41, 5.74) is 0. The first kappa shape index (κ1) is 17.0. The molecule has 2 fully saturated rings. The average Bonchev–Trinajstić information content (AvgIpc) is 2.80. The van der Waals surface area contributed by atoms with Gasteiger partial charge < -0.3 is 20.1 Å². The lowest BCUT2D eigenvalue weighted by Crippen LogP contribution is -2.70. The van der Waals surface area contributed by atoms with Gasteiger partial charge in [0.05, 0.1) is 0 Å². The lowest BCUT2D eigenvalue weighted by molar-refractivity contribution is -0.142. The van der Waals surface area contributed by atoms with Gasteiger partial charge in [-0.15, -0.1) is 11.8 Å². The standard InChI is InChI=1S/C16H18N2O4S2/c1-16(2)12(15(20)21)18-13(23)11(14(18)24-16)17-10(19)8-22-9-6-4-3-5-7-9/h3-7,11-12,14H,8H2,1-2H3,(H,17,19)(H,20,21)/t11-,12?,14?/m1/s1. The largest absolute Gasteiger partial charge is 0.484 e. The topological polar surface area (TPSA) is 78.9 Å². The quantitative estimate of drug-likeness (QED) is 0.765. The number of fused-ring (bicyclic) bond motifs is 1. The van der Waals surface area contributed by atoms with Gasteiger partial charge in [-0.2, -0.15) is 0 Å². The number of thiocarbonyl (C=S) groups is 1. The molecule has 1 amide bonds. The molecule has 0 aromatic heterocycles. The van der Waals surface area contributed by atoms with Crippen LogP contribution in [0.15, 0.2) is 30.3 Å². The number of carboxylic acid groups (broad SMARTS) is 1. The van der Waals surface area contributed by atoms with Crippen molar-refractivity contribution in [2.75, 3.05) is 6.61 Å². The number of amides is 1. The van der Waals surface area contributed by atoms with Gasteiger partial charge in [-0.1, -0.05) is 30.4 Å². The van der Waals surface area contributed by atoms with Gasteiger partial charge in [0, 0.05) is 4.75 Å². The van der Waals surface area contributed by atoms with Crippen LogP contribution in [0.2, 0.25) is 0 Å². The van der Waals surface area contributed by atoms with E-state index in [-0.39, 0.29) is 23.9 Å². The molecule has 1 aromatic carbocycles. The molecule has 128 valence electrons. The van der Waals surface area contributed by atoms with E-state index in [1.54, 1.807) is 17.0 Å². The Balaban J connectivity index is 1.59. The number of carboxylic acids is 1. The first-order chi connectivity index (χ1) is 11.3. The second-order valence-corrected chi connectivity index (χ2v) is 8.43. The number of nitrogens with zero attached hydrogens (tertiary/aromatic N) is 1. The number of carbonyl (C=O) groups is 2. The van der Waals surface area contributed by atoms with Gasteiger partial charge in [0.25, 0.3) is 5.91 Å². The minimum Gasteiger partial charge on any atom is -0.484 e. The van der Waals surface area contributed by atoms with Gasteiger partial charge in [-0.25, -0.2) is 4.79 Å². The van der Waals surface area contributed by atoms with Crippen LogP contribution in [0, 0.1) is 0 Å². The normalized spacial score (nSPS) is 27.2. The van der Waals surface area contributed by atoms with E-state index in [0.29, 0.717) is 10.7 Å². The Morgan fingerprint density at radius 2 is 2.04 bits per heavy atom. The Hall–Kier alpha value is -1.80. The van der Waals surface area contributed by atoms with Crippen molar-refractivity contribution in [1.82, 2.24) is 10.2 Å². The molecule has 2 aliphatic rings. The Morgan fingerprint density at radius 3 is 2.67 bits per heavy atom. The Kier molecular flexibility index (Phi) is 4.44. The Morgan fingerprint density at radius 1 is 1.38 bits per heavy atom. The van der Waals surface area contributed by atoms with Crippen molar-refractivity contribution in [2.24, 2.45) is 0 Å². The van der Waals surface area contributed by atoms with E-state index in [1.165, 1.54) is 11.8 Å². The number of nitrogens with one attached hydrogen (secondary N) is 1. The van der Waals surface area contributed by atoms with Crippen LogP contribution in [0.4, 0.5) is 0 Å². The van der Waals surface area contributed by atoms with Crippen LogP contribution in [-0.2, 0) is 9.59 Å². The first-order valence-electron chi connectivity index (χ1n) is 7.51. The molecular weight excluding hydrogens is 348 g/mol. The zero-order valence-corrected chi connectivity index (χ0v) is 14.9. The number of thioether (sulfide) groups is 1. The number of hydrogen-bond acceptors (Lipinski definition) is 5. The fourth-order valence-electron chi connectivity index (χ4n) is 3.03. The Labute approximate surface area is 149 Å². The monoisotopic (exact) mass is 366 g/mol. The second-order valence-electron chi connectivity index (χ2n) is 6.25. The number of ether oxygens (including phenoxy) is 1. The highest BCUT2D eigenvalue weighted by molar-refractivity contribution is 8.02. The third kappa shape index (κ3) is 2.95. The van der Waals surface area contributed by atoms with E-state index in [9.17, 15) is 14.7 Å². The van der Waals surface area contributed by atoms with Crippen LogP contribution >= 0.6 is 24.0 Å². The van der Waals surface area contributed by atoms with Crippen molar-refractivity contribution in [2.45, 2.75) is 36.1 Å². The van der Waals surface area contributed by atoms with Gasteiger partial charge >= 0.3 is 5.97 Å². The molecule has 2 aliphatic heterocycles. The molecule has 2 unspecified atom stereocenters. The van der Waals surface area contributed by atoms with Crippen molar-refractivity contribution in [1.29, 1.82) is 0 Å². The van der Waals surface area contributed by atoms with Gasteiger partial charge in [0.1, 0.15) is 28.2 Å². The van der Waals surface area contributed by atoms with Crippen LogP contribution in [0.1, 0.15) is 13.8 Å². The predicted octanol–water partition coefficient (Wildman–Crippen LogP) is 1.50. The summed E-state index contributed by atoms with van der Waals surface area (Å²) >= 11 is 6.86. The summed E-state index contributed by atoms with van der Waals surface area (Å²) in [4.78, 5) is 25.8. The molecule has 3 atom stereocenters. The minimum absolute atomic E-state index is 0.105. The van der Waals surface area contributed by atoms with Crippen molar-refractivity contribution in [3.8, 4) is 5.75 Å². The molecule has 2 saturated heterocycles. The maximum atomic E-state index is 12.1. The lowest BCUT2D eigenvalue weighted by atomic mass is 9.96. The minimum atomic E-state index is -0.894. The molecular formula is C16H18N2O4S2. The van der Waals surface area contributed by atoms with Crippen LogP contribution < -0.4 is 10.1 Å². The highest BCUT2D eigenvalue weighted by atomic mass is 32.2. The fourth-order valence-corrected chi connectivity index (χ4v) is 5.23. The molecule has 2 N–H and O–H groups in total. The molecule has 6 nitrogen and oxygen atoms in total. The molecule has 2 heterocycles. The van der Waals surface area contributed by atoms with Crippen LogP contribution in [0.5, 0.6) is 5.75 Å². The van der Waals surface area contributed by atoms with E-state index in [0.717, 1.165) is 0 Å². The third-order valence-electron chi connectivity index (χ3n) is 4.10. The van der Waals surface area contributed by atoms with Gasteiger partial charge in [-0.05, 0) is 26.0 Å². The third-order valence-corrected chi connectivity index (χ3v) is 6.14. The summed E-state index contributed by atoms with van der Waals surface area (Å²) in [6.07, 6.45) is 0. The zero-order valence-electron chi connectivity index (χ0n) is 13.3. The van der Waals surface area contributed by atoms with Crippen molar-refractivity contribution >= 4 is 40.8 Å². The maximum absolute atomic E-state index is 12.1. The van der Waals surface area contributed by atoms with Crippen LogP contribution in [0.25, 0.3) is 0 Å². The van der Waals surface area contributed by atoms with E-state index < -0.39 is 16.8 Å². The van der Waals surface area contributed by atoms with Crippen molar-refractivity contribution in [3.63, 3.8) is 0 Å². The number of benzene rings is 1. The molecule has 24 heavy (non-hydrogen) atoms. The van der Waals surface area contributed by atoms with E-state index in [4.69, 9.17) is 17.0 Å². The highest BCUT2D eigenvalue weighted by Crippen LogP contribution is 2.51. The molecule has 0 aliphatic carbocycles. The summed E-state index contributed by atoms with van der Waals surface area (Å²) in [6, 6.07) is 8.07. The second kappa shape index (κ2) is 6.25. The van der Waals surface area contributed by atoms with E-state index >= 15 is 0 Å². The number of aliphatic carboxylic acids is 1. The van der Waals surface area contributed by atoms with Crippen molar-refractivity contribution < 1.29 is 19.4 Å². The smallest absolute Gasteiger partial charge is 0.327 e. The first-order valence-corrected chi connectivity index (χ1v) is 8.80. The zero-order chi connectivity index (χ0) is 17.5. The molecule has 0 radical (unpaired) electrons. The van der Waals surface area contributed by atoms with Crippen molar-refractivity contribution in [3.05, 3.63) is 30.3 Å². The number of para-hydroxylation sites is 1. The summed E-state index contributed by atoms with van der Waals surface area (Å²) < 4.78 is 4.94. The van der Waals surface area contributed by atoms with Gasteiger partial charge in [-0.3, -0.25) is 4.79 Å².